The predicted octanol–water partition coefficient (Wildman–Crippen LogP) is 2.61. The number of aliphatic hydroxyl groups is 1. The van der Waals surface area contributed by atoms with E-state index in [-0.39, 0.29) is 18.6 Å². The summed E-state index contributed by atoms with van der Waals surface area (Å²) >= 11 is 0. The molecule has 3 N–H and O–H groups in total. The molecule has 0 fully saturated rings. The molecule has 0 radical (unpaired) electrons. The van der Waals surface area contributed by atoms with Crippen LogP contribution in [-0.2, 0) is 16.0 Å². The van der Waals surface area contributed by atoms with E-state index in [2.05, 4.69) is 30.6 Å². The van der Waals surface area contributed by atoms with Crippen LogP contribution in [0.3, 0.4) is 0 Å². The van der Waals surface area contributed by atoms with Crippen molar-refractivity contribution >= 4 is 5.97 Å². The fourth-order valence-electron chi connectivity index (χ4n) is 3.93. The van der Waals surface area contributed by atoms with Crippen LogP contribution in [0.1, 0.15) is 55.0 Å². The fraction of sp³-hybridized carbons (Fsp3) is 0.429. The van der Waals surface area contributed by atoms with Crippen molar-refractivity contribution in [2.45, 2.75) is 44.6 Å². The van der Waals surface area contributed by atoms with Crippen molar-refractivity contribution in [2.75, 3.05) is 6.61 Å². The van der Waals surface area contributed by atoms with Gasteiger partial charge in [0.25, 0.3) is 5.56 Å². The Morgan fingerprint density at radius 1 is 1.37 bits per heavy atom. The molecule has 0 saturated carbocycles. The third-order valence-electron chi connectivity index (χ3n) is 5.31. The van der Waals surface area contributed by atoms with Crippen LogP contribution in [0.4, 0.5) is 0 Å². The van der Waals surface area contributed by atoms with Crippen molar-refractivity contribution in [1.82, 2.24) is 10.2 Å². The topological polar surface area (TPSA) is 95.2 Å². The maximum atomic E-state index is 12.8. The number of fused-ring (bicyclic) bond motifs is 1. The highest BCUT2D eigenvalue weighted by molar-refractivity contribution is 5.77. The number of hydrogen-bond donors (Lipinski definition) is 3. The Labute approximate surface area is 158 Å². The molecule has 0 saturated heterocycles. The van der Waals surface area contributed by atoms with E-state index in [1.807, 2.05) is 24.3 Å². The van der Waals surface area contributed by atoms with E-state index in [0.717, 1.165) is 11.1 Å². The number of carbonyl (C=O) groups is 1. The first-order valence-corrected chi connectivity index (χ1v) is 9.15. The summed E-state index contributed by atoms with van der Waals surface area (Å²) in [5.41, 5.74) is 1.43. The highest BCUT2D eigenvalue weighted by Crippen LogP contribution is 2.44. The summed E-state index contributed by atoms with van der Waals surface area (Å²) in [6.07, 6.45) is 1.64. The van der Waals surface area contributed by atoms with E-state index < -0.39 is 23.4 Å². The number of aromatic amines is 2. The first-order chi connectivity index (χ1) is 12.8. The Kier molecular flexibility index (Phi) is 5.11. The smallest absolute Gasteiger partial charge is 0.313 e. The molecule has 1 heterocycles. The van der Waals surface area contributed by atoms with Crippen LogP contribution in [0.25, 0.3) is 0 Å². The number of hydrogen-bond acceptors (Lipinski definition) is 4. The molecule has 0 amide bonds. The minimum absolute atomic E-state index is 0.0563. The Morgan fingerprint density at radius 3 is 2.63 bits per heavy atom. The van der Waals surface area contributed by atoms with Gasteiger partial charge in [0, 0.05) is 23.6 Å². The molecule has 6 heteroatoms. The summed E-state index contributed by atoms with van der Waals surface area (Å²) in [6.45, 7) is 9.43. The lowest BCUT2D eigenvalue weighted by molar-refractivity contribution is -0.158. The van der Waals surface area contributed by atoms with Gasteiger partial charge in [0.05, 0.1) is 11.5 Å². The van der Waals surface area contributed by atoms with Crippen molar-refractivity contribution in [3.05, 3.63) is 69.7 Å². The number of nitrogens with one attached hydrogen (secondary N) is 2. The minimum atomic E-state index is -1.36. The van der Waals surface area contributed by atoms with Crippen molar-refractivity contribution in [1.29, 1.82) is 0 Å². The SMILES string of the molecule is C=CCOC(=O)C1C(c2ccc(C(C)C)cc2)c2c([nH][nH]c2=O)CC1(C)O. The van der Waals surface area contributed by atoms with Crippen molar-refractivity contribution in [3.63, 3.8) is 0 Å². The second kappa shape index (κ2) is 7.19. The monoisotopic (exact) mass is 370 g/mol. The highest BCUT2D eigenvalue weighted by atomic mass is 16.5. The van der Waals surface area contributed by atoms with E-state index in [0.29, 0.717) is 17.2 Å². The lowest BCUT2D eigenvalue weighted by Crippen LogP contribution is -2.50. The van der Waals surface area contributed by atoms with Crippen LogP contribution in [0.15, 0.2) is 41.7 Å². The molecule has 1 aliphatic rings. The number of ether oxygens (including phenoxy) is 1. The Bertz CT molecular complexity index is 890. The van der Waals surface area contributed by atoms with Crippen molar-refractivity contribution in [2.24, 2.45) is 5.92 Å². The van der Waals surface area contributed by atoms with Gasteiger partial charge in [0.1, 0.15) is 6.61 Å². The van der Waals surface area contributed by atoms with Gasteiger partial charge in [-0.1, -0.05) is 50.8 Å². The summed E-state index contributed by atoms with van der Waals surface area (Å²) in [6, 6.07) is 7.84. The maximum Gasteiger partial charge on any atom is 0.313 e. The van der Waals surface area contributed by atoms with E-state index in [1.165, 1.54) is 6.08 Å². The molecule has 0 bridgehead atoms. The first kappa shape index (κ1) is 19.2. The normalized spacial score (nSPS) is 24.5. The van der Waals surface area contributed by atoms with Crippen LogP contribution in [0.5, 0.6) is 0 Å². The summed E-state index contributed by atoms with van der Waals surface area (Å²) < 4.78 is 5.27. The second-order valence-electron chi connectivity index (χ2n) is 7.70. The molecular weight excluding hydrogens is 344 g/mol. The first-order valence-electron chi connectivity index (χ1n) is 9.15. The minimum Gasteiger partial charge on any atom is -0.461 e. The van der Waals surface area contributed by atoms with Gasteiger partial charge in [-0.15, -0.1) is 0 Å². The zero-order valence-corrected chi connectivity index (χ0v) is 15.9. The summed E-state index contributed by atoms with van der Waals surface area (Å²) in [7, 11) is 0. The predicted molar refractivity (Wildman–Crippen MR) is 103 cm³/mol. The van der Waals surface area contributed by atoms with Crippen molar-refractivity contribution < 1.29 is 14.6 Å². The van der Waals surface area contributed by atoms with Crippen LogP contribution >= 0.6 is 0 Å². The average Bonchev–Trinajstić information content (AvgIpc) is 2.97. The van der Waals surface area contributed by atoms with Gasteiger partial charge in [-0.3, -0.25) is 14.7 Å². The molecule has 3 rings (SSSR count). The molecule has 6 nitrogen and oxygen atoms in total. The molecule has 144 valence electrons. The van der Waals surface area contributed by atoms with Crippen LogP contribution in [0, 0.1) is 5.92 Å². The summed E-state index contributed by atoms with van der Waals surface area (Å²) in [5.74, 6) is -1.67. The summed E-state index contributed by atoms with van der Waals surface area (Å²) in [4.78, 5) is 25.3. The number of aromatic nitrogens is 2. The third-order valence-corrected chi connectivity index (χ3v) is 5.31. The van der Waals surface area contributed by atoms with Crippen molar-refractivity contribution in [3.8, 4) is 0 Å². The third kappa shape index (κ3) is 3.49. The maximum absolute atomic E-state index is 12.8. The van der Waals surface area contributed by atoms with E-state index >= 15 is 0 Å². The Balaban J connectivity index is 2.14. The average molecular weight is 370 g/mol. The highest BCUT2D eigenvalue weighted by Gasteiger charge is 2.51. The largest absolute Gasteiger partial charge is 0.461 e. The lowest BCUT2D eigenvalue weighted by atomic mass is 9.66. The zero-order chi connectivity index (χ0) is 19.8. The van der Waals surface area contributed by atoms with Gasteiger partial charge in [-0.05, 0) is 24.0 Å². The molecule has 0 aliphatic heterocycles. The quantitative estimate of drug-likeness (QED) is 0.557. The molecular formula is C21H26N2O4. The number of H-pyrrole nitrogens is 2. The van der Waals surface area contributed by atoms with Gasteiger partial charge < -0.3 is 14.9 Å². The van der Waals surface area contributed by atoms with Crippen LogP contribution < -0.4 is 5.56 Å². The molecule has 1 aromatic heterocycles. The standard InChI is InChI=1S/C21H26N2O4/c1-5-10-27-20(25)18-16(14-8-6-13(7-9-14)12(2)3)17-15(11-21(18,4)26)22-23-19(17)24/h5-9,12,16,18,26H,1,10-11H2,2-4H3,(H2,22,23,24). The van der Waals surface area contributed by atoms with Crippen LogP contribution in [0.2, 0.25) is 0 Å². The molecule has 27 heavy (non-hydrogen) atoms. The number of carbonyl (C=O) groups excluding carboxylic acids is 1. The Morgan fingerprint density at radius 2 is 2.04 bits per heavy atom. The molecule has 2 aromatic rings. The number of rotatable bonds is 5. The number of esters is 1. The van der Waals surface area contributed by atoms with E-state index in [4.69, 9.17) is 4.74 Å². The van der Waals surface area contributed by atoms with E-state index in [1.54, 1.807) is 6.92 Å². The summed E-state index contributed by atoms with van der Waals surface area (Å²) in [5, 5.41) is 16.5. The molecule has 3 unspecified atom stereocenters. The molecule has 3 atom stereocenters. The van der Waals surface area contributed by atoms with Gasteiger partial charge in [-0.2, -0.15) is 0 Å². The van der Waals surface area contributed by atoms with Gasteiger partial charge in [0.15, 0.2) is 0 Å². The van der Waals surface area contributed by atoms with Gasteiger partial charge in [0.2, 0.25) is 0 Å². The Hall–Kier alpha value is -2.60. The van der Waals surface area contributed by atoms with E-state index in [9.17, 15) is 14.7 Å². The molecule has 1 aliphatic carbocycles. The van der Waals surface area contributed by atoms with Gasteiger partial charge >= 0.3 is 5.97 Å². The van der Waals surface area contributed by atoms with Gasteiger partial charge in [-0.25, -0.2) is 0 Å². The molecule has 1 aromatic carbocycles. The second-order valence-corrected chi connectivity index (χ2v) is 7.70. The molecule has 0 spiro atoms. The zero-order valence-electron chi connectivity index (χ0n) is 15.9. The van der Waals surface area contributed by atoms with Crippen LogP contribution in [-0.4, -0.2) is 33.5 Å². The lowest BCUT2D eigenvalue weighted by Gasteiger charge is -2.40. The number of benzene rings is 1. The fourth-order valence-corrected chi connectivity index (χ4v) is 3.93.